The van der Waals surface area contributed by atoms with E-state index < -0.39 is 27.8 Å². The quantitative estimate of drug-likeness (QED) is 0.856. The zero-order chi connectivity index (χ0) is 18.8. The third kappa shape index (κ3) is 4.70. The molecule has 5 nitrogen and oxygen atoms in total. The molecule has 0 saturated heterocycles. The van der Waals surface area contributed by atoms with E-state index in [0.29, 0.717) is 10.7 Å². The van der Waals surface area contributed by atoms with Crippen molar-refractivity contribution >= 4 is 38.9 Å². The van der Waals surface area contributed by atoms with Crippen LogP contribution < -0.4 is 9.62 Å². The summed E-state index contributed by atoms with van der Waals surface area (Å²) in [5.41, 5.74) is 1.49. The first-order valence-corrected chi connectivity index (χ1v) is 9.64. The lowest BCUT2D eigenvalue weighted by atomic mass is 10.2. The first-order chi connectivity index (χ1) is 11.6. The van der Waals surface area contributed by atoms with Gasteiger partial charge in [-0.2, -0.15) is 0 Å². The van der Waals surface area contributed by atoms with Gasteiger partial charge in [0.05, 0.1) is 11.9 Å². The highest BCUT2D eigenvalue weighted by Gasteiger charge is 2.29. The summed E-state index contributed by atoms with van der Waals surface area (Å²) >= 11 is 5.93. The number of anilines is 2. The Labute approximate surface area is 151 Å². The predicted octanol–water partition coefficient (Wildman–Crippen LogP) is 3.58. The number of aryl methyl sites for hydroxylation is 1. The van der Waals surface area contributed by atoms with Crippen molar-refractivity contribution in [1.29, 1.82) is 0 Å². The zero-order valence-electron chi connectivity index (χ0n) is 14.0. The molecule has 0 bridgehead atoms. The van der Waals surface area contributed by atoms with Crippen molar-refractivity contribution in [1.82, 2.24) is 0 Å². The molecule has 0 unspecified atom stereocenters. The van der Waals surface area contributed by atoms with Crippen LogP contribution >= 0.6 is 11.6 Å². The third-order valence-electron chi connectivity index (χ3n) is 3.63. The minimum atomic E-state index is -3.76. The van der Waals surface area contributed by atoms with E-state index >= 15 is 0 Å². The van der Waals surface area contributed by atoms with Crippen LogP contribution in [0.4, 0.5) is 15.8 Å². The Morgan fingerprint density at radius 3 is 2.36 bits per heavy atom. The van der Waals surface area contributed by atoms with Gasteiger partial charge in [-0.15, -0.1) is 0 Å². The van der Waals surface area contributed by atoms with E-state index in [2.05, 4.69) is 5.32 Å². The largest absolute Gasteiger partial charge is 0.324 e. The molecule has 2 aromatic rings. The maximum absolute atomic E-state index is 13.1. The average molecular weight is 385 g/mol. The van der Waals surface area contributed by atoms with Gasteiger partial charge in [-0.05, 0) is 55.8 Å². The Bertz CT molecular complexity index is 885. The fraction of sp³-hybridized carbons (Fsp3) is 0.235. The number of nitrogens with zero attached hydrogens (tertiary/aromatic N) is 1. The minimum absolute atomic E-state index is 0.203. The summed E-state index contributed by atoms with van der Waals surface area (Å²) in [5, 5.41) is 3.13. The molecule has 25 heavy (non-hydrogen) atoms. The van der Waals surface area contributed by atoms with Gasteiger partial charge in [0, 0.05) is 10.7 Å². The summed E-state index contributed by atoms with van der Waals surface area (Å²) in [6.45, 7) is 3.25. The normalized spacial score (nSPS) is 12.5. The van der Waals surface area contributed by atoms with Crippen molar-refractivity contribution in [3.63, 3.8) is 0 Å². The second kappa shape index (κ2) is 7.41. The molecule has 0 saturated carbocycles. The molecule has 2 aromatic carbocycles. The maximum atomic E-state index is 13.1. The number of benzene rings is 2. The van der Waals surface area contributed by atoms with Gasteiger partial charge in [-0.1, -0.05) is 17.7 Å². The summed E-state index contributed by atoms with van der Waals surface area (Å²) in [5.74, 6) is -1.02. The molecule has 0 fully saturated rings. The van der Waals surface area contributed by atoms with E-state index in [9.17, 15) is 17.6 Å². The Hall–Kier alpha value is -2.12. The van der Waals surface area contributed by atoms with Crippen molar-refractivity contribution in [3.8, 4) is 0 Å². The zero-order valence-corrected chi connectivity index (χ0v) is 15.5. The van der Waals surface area contributed by atoms with Gasteiger partial charge in [0.2, 0.25) is 15.9 Å². The van der Waals surface area contributed by atoms with Crippen LogP contribution in [-0.4, -0.2) is 26.6 Å². The highest BCUT2D eigenvalue weighted by molar-refractivity contribution is 7.92. The Kier molecular flexibility index (Phi) is 5.69. The van der Waals surface area contributed by atoms with Gasteiger partial charge in [-0.3, -0.25) is 9.10 Å². The van der Waals surface area contributed by atoms with Crippen molar-refractivity contribution in [2.45, 2.75) is 19.9 Å². The number of hydrogen-bond donors (Lipinski definition) is 1. The minimum Gasteiger partial charge on any atom is -0.324 e. The molecule has 0 spiro atoms. The molecule has 0 aliphatic heterocycles. The van der Waals surface area contributed by atoms with Crippen molar-refractivity contribution in [2.75, 3.05) is 15.9 Å². The summed E-state index contributed by atoms with van der Waals surface area (Å²) < 4.78 is 38.4. The molecule has 0 aliphatic carbocycles. The van der Waals surface area contributed by atoms with Gasteiger partial charge >= 0.3 is 0 Å². The first-order valence-electron chi connectivity index (χ1n) is 7.41. The fourth-order valence-corrected chi connectivity index (χ4v) is 3.71. The summed E-state index contributed by atoms with van der Waals surface area (Å²) in [4.78, 5) is 12.6. The van der Waals surface area contributed by atoms with Crippen LogP contribution in [0.5, 0.6) is 0 Å². The molecule has 134 valence electrons. The monoisotopic (exact) mass is 384 g/mol. The molecular formula is C17H18ClFN2O3S. The molecule has 8 heteroatoms. The number of amides is 1. The molecule has 2 rings (SSSR count). The topological polar surface area (TPSA) is 66.5 Å². The predicted molar refractivity (Wildman–Crippen MR) is 98.0 cm³/mol. The molecule has 1 amide bonds. The van der Waals surface area contributed by atoms with Gasteiger partial charge in [0.15, 0.2) is 0 Å². The van der Waals surface area contributed by atoms with Gasteiger partial charge in [0.1, 0.15) is 11.9 Å². The van der Waals surface area contributed by atoms with E-state index in [1.54, 1.807) is 25.1 Å². The first kappa shape index (κ1) is 19.2. The SMILES string of the molecule is Cc1ccc(Cl)cc1NC(=O)[C@@H](C)N(c1ccc(F)cc1)S(C)(=O)=O. The summed E-state index contributed by atoms with van der Waals surface area (Å²) in [6.07, 6.45) is 0.991. The number of rotatable bonds is 5. The molecule has 0 radical (unpaired) electrons. The summed E-state index contributed by atoms with van der Waals surface area (Å²) in [6, 6.07) is 8.88. The molecule has 1 atom stereocenters. The second-order valence-electron chi connectivity index (χ2n) is 5.66. The Balaban J connectivity index is 2.33. The van der Waals surface area contributed by atoms with Crippen molar-refractivity contribution in [2.24, 2.45) is 0 Å². The fourth-order valence-electron chi connectivity index (χ4n) is 2.36. The Morgan fingerprint density at radius 1 is 1.20 bits per heavy atom. The standard InChI is InChI=1S/C17H18ClFN2O3S/c1-11-4-5-13(18)10-16(11)20-17(22)12(2)21(25(3,23)24)15-8-6-14(19)7-9-15/h4-10,12H,1-3H3,(H,20,22)/t12-/m1/s1. The lowest BCUT2D eigenvalue weighted by molar-refractivity contribution is -0.116. The molecule has 0 aromatic heterocycles. The lowest BCUT2D eigenvalue weighted by Crippen LogP contribution is -2.45. The molecule has 0 heterocycles. The smallest absolute Gasteiger partial charge is 0.248 e. The Morgan fingerprint density at radius 2 is 1.80 bits per heavy atom. The van der Waals surface area contributed by atoms with Gasteiger partial charge in [0.25, 0.3) is 0 Å². The van der Waals surface area contributed by atoms with Gasteiger partial charge in [-0.25, -0.2) is 12.8 Å². The third-order valence-corrected chi connectivity index (χ3v) is 5.10. The second-order valence-corrected chi connectivity index (χ2v) is 7.96. The number of halogens is 2. The van der Waals surface area contributed by atoms with E-state index in [-0.39, 0.29) is 5.69 Å². The van der Waals surface area contributed by atoms with Crippen LogP contribution in [0.15, 0.2) is 42.5 Å². The van der Waals surface area contributed by atoms with Crippen LogP contribution in [0.25, 0.3) is 0 Å². The van der Waals surface area contributed by atoms with Crippen LogP contribution in [0.3, 0.4) is 0 Å². The maximum Gasteiger partial charge on any atom is 0.248 e. The van der Waals surface area contributed by atoms with E-state index in [1.807, 2.05) is 0 Å². The number of carbonyl (C=O) groups is 1. The highest BCUT2D eigenvalue weighted by atomic mass is 35.5. The van der Waals surface area contributed by atoms with Gasteiger partial charge < -0.3 is 5.32 Å². The molecule has 1 N–H and O–H groups in total. The van der Waals surface area contributed by atoms with E-state index in [1.165, 1.54) is 19.1 Å². The van der Waals surface area contributed by atoms with Crippen molar-refractivity contribution < 1.29 is 17.6 Å². The highest BCUT2D eigenvalue weighted by Crippen LogP contribution is 2.24. The number of hydrogen-bond acceptors (Lipinski definition) is 3. The summed E-state index contributed by atoms with van der Waals surface area (Å²) in [7, 11) is -3.76. The van der Waals surface area contributed by atoms with E-state index in [4.69, 9.17) is 11.6 Å². The van der Waals surface area contributed by atoms with Crippen LogP contribution in [0, 0.1) is 12.7 Å². The lowest BCUT2D eigenvalue weighted by Gasteiger charge is -2.28. The molecular weight excluding hydrogens is 367 g/mol. The number of carbonyl (C=O) groups excluding carboxylic acids is 1. The number of nitrogens with one attached hydrogen (secondary N) is 1. The van der Waals surface area contributed by atoms with Crippen LogP contribution in [0.2, 0.25) is 5.02 Å². The average Bonchev–Trinajstić information content (AvgIpc) is 2.51. The number of sulfonamides is 1. The van der Waals surface area contributed by atoms with Crippen molar-refractivity contribution in [3.05, 3.63) is 58.9 Å². The van der Waals surface area contributed by atoms with Crippen LogP contribution in [-0.2, 0) is 14.8 Å². The molecule has 0 aliphatic rings. The van der Waals surface area contributed by atoms with E-state index in [0.717, 1.165) is 28.3 Å². The van der Waals surface area contributed by atoms with Crippen LogP contribution in [0.1, 0.15) is 12.5 Å².